The summed E-state index contributed by atoms with van der Waals surface area (Å²) in [4.78, 5) is 4.03. The zero-order valence-corrected chi connectivity index (χ0v) is 4.89. The molecular weight excluding hydrogens is 102 g/mol. The van der Waals surface area contributed by atoms with E-state index in [4.69, 9.17) is 5.11 Å². The van der Waals surface area contributed by atoms with E-state index in [1.54, 1.807) is 0 Å². The number of aliphatic hydroxyl groups excluding tert-OH is 1. The minimum atomic E-state index is 0.0807. The van der Waals surface area contributed by atoms with Gasteiger partial charge in [0.25, 0.3) is 0 Å². The molecule has 1 heterocycles. The predicted molar refractivity (Wildman–Crippen MR) is 32.9 cm³/mol. The van der Waals surface area contributed by atoms with E-state index in [0.29, 0.717) is 0 Å². The van der Waals surface area contributed by atoms with Crippen molar-refractivity contribution in [2.24, 2.45) is 4.99 Å². The zero-order valence-electron chi connectivity index (χ0n) is 4.89. The monoisotopic (exact) mass is 111 g/mol. The summed E-state index contributed by atoms with van der Waals surface area (Å²) in [5.41, 5.74) is 1.90. The van der Waals surface area contributed by atoms with Gasteiger partial charge in [0.15, 0.2) is 0 Å². The van der Waals surface area contributed by atoms with Crippen molar-refractivity contribution < 1.29 is 5.11 Å². The van der Waals surface area contributed by atoms with Crippen molar-refractivity contribution in [2.45, 2.75) is 13.3 Å². The van der Waals surface area contributed by atoms with Crippen LogP contribution in [0, 0.1) is 0 Å². The summed E-state index contributed by atoms with van der Waals surface area (Å²) in [6.07, 6.45) is 2.85. The fourth-order valence-electron chi connectivity index (χ4n) is 0.702. The summed E-state index contributed by atoms with van der Waals surface area (Å²) in [5.74, 6) is 0. The number of aliphatic hydroxyl groups is 1. The van der Waals surface area contributed by atoms with E-state index in [9.17, 15) is 0 Å². The maximum absolute atomic E-state index is 8.51. The molecule has 0 aromatic rings. The van der Waals surface area contributed by atoms with Crippen LogP contribution in [-0.2, 0) is 0 Å². The van der Waals surface area contributed by atoms with Gasteiger partial charge in [-0.25, -0.2) is 0 Å². The third kappa shape index (κ3) is 0.954. The van der Waals surface area contributed by atoms with Gasteiger partial charge in [0.05, 0.1) is 12.3 Å². The van der Waals surface area contributed by atoms with Gasteiger partial charge in [-0.05, 0) is 6.92 Å². The summed E-state index contributed by atoms with van der Waals surface area (Å²) < 4.78 is 0. The Labute approximate surface area is 48.6 Å². The summed E-state index contributed by atoms with van der Waals surface area (Å²) in [6.45, 7) is 2.04. The highest BCUT2D eigenvalue weighted by Crippen LogP contribution is 2.07. The fourth-order valence-corrected chi connectivity index (χ4v) is 0.702. The minimum Gasteiger partial charge on any atom is -0.390 e. The first kappa shape index (κ1) is 5.51. The van der Waals surface area contributed by atoms with Crippen molar-refractivity contribution >= 4 is 5.71 Å². The molecule has 8 heavy (non-hydrogen) atoms. The van der Waals surface area contributed by atoms with E-state index in [0.717, 1.165) is 17.8 Å². The van der Waals surface area contributed by atoms with Gasteiger partial charge in [-0.2, -0.15) is 0 Å². The summed E-state index contributed by atoms with van der Waals surface area (Å²) in [7, 11) is 0. The number of allylic oxidation sites excluding steroid dienone is 1. The van der Waals surface area contributed by atoms with Crippen LogP contribution in [0.15, 0.2) is 16.8 Å². The number of hydrogen-bond acceptors (Lipinski definition) is 2. The van der Waals surface area contributed by atoms with Crippen LogP contribution < -0.4 is 0 Å². The molecule has 0 saturated heterocycles. The van der Waals surface area contributed by atoms with E-state index in [-0.39, 0.29) is 6.61 Å². The second-order valence-electron chi connectivity index (χ2n) is 1.90. The van der Waals surface area contributed by atoms with Crippen LogP contribution in [0.4, 0.5) is 0 Å². The standard InChI is InChI=1S/C6H9NO/c1-5-2-3-6(4-8)7-5/h3,8H,2,4H2,1H3. The highest BCUT2D eigenvalue weighted by Gasteiger charge is 2.00. The normalized spacial score (nSPS) is 18.2. The van der Waals surface area contributed by atoms with Crippen molar-refractivity contribution in [2.75, 3.05) is 6.61 Å². The van der Waals surface area contributed by atoms with Gasteiger partial charge >= 0.3 is 0 Å². The molecule has 0 atom stereocenters. The lowest BCUT2D eigenvalue weighted by Gasteiger charge is -1.85. The first-order valence-electron chi connectivity index (χ1n) is 2.67. The second kappa shape index (κ2) is 2.09. The lowest BCUT2D eigenvalue weighted by molar-refractivity contribution is 0.330. The van der Waals surface area contributed by atoms with Gasteiger partial charge < -0.3 is 5.11 Å². The van der Waals surface area contributed by atoms with Gasteiger partial charge in [-0.1, -0.05) is 6.08 Å². The Bertz CT molecular complexity index is 147. The molecule has 1 N–H and O–H groups in total. The number of nitrogens with zero attached hydrogens (tertiary/aromatic N) is 1. The molecular formula is C6H9NO. The van der Waals surface area contributed by atoms with E-state index in [2.05, 4.69) is 4.99 Å². The molecule has 0 amide bonds. The summed E-state index contributed by atoms with van der Waals surface area (Å²) in [5, 5.41) is 8.51. The molecule has 1 aliphatic rings. The molecule has 44 valence electrons. The van der Waals surface area contributed by atoms with Crippen LogP contribution >= 0.6 is 0 Å². The van der Waals surface area contributed by atoms with E-state index in [1.165, 1.54) is 0 Å². The van der Waals surface area contributed by atoms with Crippen LogP contribution in [0.3, 0.4) is 0 Å². The molecule has 0 radical (unpaired) electrons. The van der Waals surface area contributed by atoms with E-state index in [1.807, 2.05) is 13.0 Å². The van der Waals surface area contributed by atoms with Crippen LogP contribution in [0.25, 0.3) is 0 Å². The lowest BCUT2D eigenvalue weighted by Crippen LogP contribution is -1.82. The third-order valence-electron chi connectivity index (χ3n) is 1.13. The van der Waals surface area contributed by atoms with Crippen LogP contribution in [0.5, 0.6) is 0 Å². The quantitative estimate of drug-likeness (QED) is 0.531. The van der Waals surface area contributed by atoms with Gasteiger partial charge in [-0.3, -0.25) is 4.99 Å². The van der Waals surface area contributed by atoms with Crippen LogP contribution in [0.1, 0.15) is 13.3 Å². The van der Waals surface area contributed by atoms with Gasteiger partial charge in [-0.15, -0.1) is 0 Å². The molecule has 2 nitrogen and oxygen atoms in total. The average Bonchev–Trinajstić information content (AvgIpc) is 2.14. The Balaban J connectivity index is 2.58. The molecule has 0 aromatic carbocycles. The molecule has 0 unspecified atom stereocenters. The molecule has 0 spiro atoms. The van der Waals surface area contributed by atoms with Crippen molar-refractivity contribution in [3.05, 3.63) is 11.8 Å². The maximum Gasteiger partial charge on any atom is 0.0849 e. The topological polar surface area (TPSA) is 32.6 Å². The molecule has 0 fully saturated rings. The first-order chi connectivity index (χ1) is 3.83. The van der Waals surface area contributed by atoms with Gasteiger partial charge in [0, 0.05) is 12.1 Å². The molecule has 0 bridgehead atoms. The molecule has 0 aromatic heterocycles. The number of rotatable bonds is 1. The molecule has 0 saturated carbocycles. The van der Waals surface area contributed by atoms with Crippen molar-refractivity contribution in [3.8, 4) is 0 Å². The van der Waals surface area contributed by atoms with Crippen molar-refractivity contribution in [1.29, 1.82) is 0 Å². The maximum atomic E-state index is 8.51. The number of aliphatic imine (C=N–C) groups is 1. The Morgan fingerprint density at radius 3 is 2.88 bits per heavy atom. The van der Waals surface area contributed by atoms with Crippen molar-refractivity contribution in [1.82, 2.24) is 0 Å². The summed E-state index contributed by atoms with van der Waals surface area (Å²) in [6, 6.07) is 0. The minimum absolute atomic E-state index is 0.0807. The highest BCUT2D eigenvalue weighted by molar-refractivity contribution is 5.86. The van der Waals surface area contributed by atoms with Gasteiger partial charge in [0.2, 0.25) is 0 Å². The SMILES string of the molecule is CC1=NC(CO)=CC1. The third-order valence-corrected chi connectivity index (χ3v) is 1.13. The number of hydrogen-bond donors (Lipinski definition) is 1. The molecule has 1 aliphatic heterocycles. The first-order valence-corrected chi connectivity index (χ1v) is 2.67. The van der Waals surface area contributed by atoms with Crippen molar-refractivity contribution in [3.63, 3.8) is 0 Å². The predicted octanol–water partition coefficient (Wildman–Crippen LogP) is 0.727. The Morgan fingerprint density at radius 1 is 1.88 bits per heavy atom. The van der Waals surface area contributed by atoms with Crippen LogP contribution in [0.2, 0.25) is 0 Å². The molecule has 2 heteroatoms. The zero-order chi connectivity index (χ0) is 5.98. The van der Waals surface area contributed by atoms with E-state index >= 15 is 0 Å². The Morgan fingerprint density at radius 2 is 2.62 bits per heavy atom. The lowest BCUT2D eigenvalue weighted by atomic mass is 10.3. The molecule has 1 rings (SSSR count). The van der Waals surface area contributed by atoms with E-state index < -0.39 is 0 Å². The smallest absolute Gasteiger partial charge is 0.0849 e. The Hall–Kier alpha value is -0.630. The highest BCUT2D eigenvalue weighted by atomic mass is 16.3. The summed E-state index contributed by atoms with van der Waals surface area (Å²) >= 11 is 0. The van der Waals surface area contributed by atoms with Crippen LogP contribution in [-0.4, -0.2) is 17.4 Å². The second-order valence-corrected chi connectivity index (χ2v) is 1.90. The largest absolute Gasteiger partial charge is 0.390 e. The Kier molecular flexibility index (Phi) is 1.44. The average molecular weight is 111 g/mol. The molecule has 0 aliphatic carbocycles. The van der Waals surface area contributed by atoms with Gasteiger partial charge in [0.1, 0.15) is 0 Å². The fraction of sp³-hybridized carbons (Fsp3) is 0.500.